The fourth-order valence-corrected chi connectivity index (χ4v) is 2.31. The molecule has 1 aromatic heterocycles. The summed E-state index contributed by atoms with van der Waals surface area (Å²) in [5, 5.41) is 13.3. The molecule has 0 fully saturated rings. The topological polar surface area (TPSA) is 76.2 Å². The number of hydrogen-bond acceptors (Lipinski definition) is 5. The van der Waals surface area contributed by atoms with Gasteiger partial charge in [-0.05, 0) is 30.7 Å². The molecule has 0 aliphatic rings. The van der Waals surface area contributed by atoms with Crippen LogP contribution in [0.3, 0.4) is 0 Å². The number of aromatic carboxylic acids is 1. The molecule has 20 heavy (non-hydrogen) atoms. The molecule has 1 atom stereocenters. The third kappa shape index (κ3) is 3.60. The van der Waals surface area contributed by atoms with E-state index in [0.717, 1.165) is 12.0 Å². The summed E-state index contributed by atoms with van der Waals surface area (Å²) in [5.74, 6) is 0.841. The van der Waals surface area contributed by atoms with Gasteiger partial charge < -0.3 is 9.63 Å². The molecule has 106 valence electrons. The third-order valence-corrected chi connectivity index (χ3v) is 4.25. The average Bonchev–Trinajstić information content (AvgIpc) is 2.93. The zero-order chi connectivity index (χ0) is 14.5. The second-order valence-electron chi connectivity index (χ2n) is 4.43. The van der Waals surface area contributed by atoms with Crippen molar-refractivity contribution in [1.29, 1.82) is 0 Å². The molecule has 6 heteroatoms. The summed E-state index contributed by atoms with van der Waals surface area (Å²) >= 11 is 1.78. The second-order valence-corrected chi connectivity index (χ2v) is 5.85. The Balaban J connectivity index is 2.06. The third-order valence-electron chi connectivity index (χ3n) is 2.92. The minimum Gasteiger partial charge on any atom is -0.478 e. The highest BCUT2D eigenvalue weighted by atomic mass is 32.2. The number of carboxylic acids is 1. The van der Waals surface area contributed by atoms with Crippen LogP contribution in [0.2, 0.25) is 0 Å². The molecule has 1 aromatic carbocycles. The predicted molar refractivity (Wildman–Crippen MR) is 77.7 cm³/mol. The fraction of sp³-hybridized carbons (Fsp3) is 0.357. The van der Waals surface area contributed by atoms with Crippen LogP contribution in [-0.2, 0) is 5.75 Å². The van der Waals surface area contributed by atoms with Crippen molar-refractivity contribution >= 4 is 17.7 Å². The summed E-state index contributed by atoms with van der Waals surface area (Å²) in [6.07, 6.45) is 1.10. The van der Waals surface area contributed by atoms with E-state index in [1.165, 1.54) is 12.1 Å². The van der Waals surface area contributed by atoms with Gasteiger partial charge in [0.25, 0.3) is 5.89 Å². The maximum atomic E-state index is 10.8. The SMILES string of the molecule is CCC(C)SCc1noc(-c2ccc(C(=O)O)cc2)n1. The van der Waals surface area contributed by atoms with E-state index in [1.807, 2.05) is 0 Å². The van der Waals surface area contributed by atoms with E-state index in [1.54, 1.807) is 23.9 Å². The molecule has 0 radical (unpaired) electrons. The van der Waals surface area contributed by atoms with Crippen molar-refractivity contribution in [1.82, 2.24) is 10.1 Å². The number of thioether (sulfide) groups is 1. The van der Waals surface area contributed by atoms with E-state index in [4.69, 9.17) is 9.63 Å². The number of hydrogen-bond donors (Lipinski definition) is 1. The fourth-order valence-electron chi connectivity index (χ4n) is 1.52. The van der Waals surface area contributed by atoms with Gasteiger partial charge in [0.1, 0.15) is 0 Å². The first-order chi connectivity index (χ1) is 9.60. The van der Waals surface area contributed by atoms with Crippen molar-refractivity contribution in [3.8, 4) is 11.5 Å². The van der Waals surface area contributed by atoms with Crippen molar-refractivity contribution in [2.45, 2.75) is 31.3 Å². The highest BCUT2D eigenvalue weighted by molar-refractivity contribution is 7.99. The second kappa shape index (κ2) is 6.56. The normalized spacial score (nSPS) is 12.3. The molecule has 2 rings (SSSR count). The van der Waals surface area contributed by atoms with Gasteiger partial charge in [-0.15, -0.1) is 0 Å². The van der Waals surface area contributed by atoms with Crippen LogP contribution < -0.4 is 0 Å². The highest BCUT2D eigenvalue weighted by Crippen LogP contribution is 2.21. The van der Waals surface area contributed by atoms with Gasteiger partial charge in [-0.3, -0.25) is 0 Å². The first-order valence-electron chi connectivity index (χ1n) is 6.38. The highest BCUT2D eigenvalue weighted by Gasteiger charge is 2.11. The monoisotopic (exact) mass is 292 g/mol. The molecule has 0 aliphatic carbocycles. The molecule has 0 amide bonds. The number of carbonyl (C=O) groups is 1. The van der Waals surface area contributed by atoms with Crippen molar-refractivity contribution in [3.05, 3.63) is 35.7 Å². The maximum absolute atomic E-state index is 10.8. The van der Waals surface area contributed by atoms with Crippen LogP contribution in [0.25, 0.3) is 11.5 Å². The Kier molecular flexibility index (Phi) is 4.79. The van der Waals surface area contributed by atoms with E-state index >= 15 is 0 Å². The summed E-state index contributed by atoms with van der Waals surface area (Å²) in [4.78, 5) is 15.1. The molecular weight excluding hydrogens is 276 g/mol. The minimum atomic E-state index is -0.951. The van der Waals surface area contributed by atoms with Crippen LogP contribution in [0.1, 0.15) is 36.5 Å². The minimum absolute atomic E-state index is 0.237. The average molecular weight is 292 g/mol. The number of carboxylic acid groups (broad SMARTS) is 1. The maximum Gasteiger partial charge on any atom is 0.335 e. The Morgan fingerprint density at radius 3 is 2.70 bits per heavy atom. The summed E-state index contributed by atoms with van der Waals surface area (Å²) in [7, 11) is 0. The standard InChI is InChI=1S/C14H16N2O3S/c1-3-9(2)20-8-12-15-13(19-16-12)10-4-6-11(7-5-10)14(17)18/h4-7,9H,3,8H2,1-2H3,(H,17,18). The van der Waals surface area contributed by atoms with Gasteiger partial charge in [0.15, 0.2) is 5.82 Å². The molecule has 1 N–H and O–H groups in total. The van der Waals surface area contributed by atoms with Crippen molar-refractivity contribution < 1.29 is 14.4 Å². The summed E-state index contributed by atoms with van der Waals surface area (Å²) in [6, 6.07) is 6.38. The molecular formula is C14H16N2O3S. The van der Waals surface area contributed by atoms with Crippen LogP contribution in [0.15, 0.2) is 28.8 Å². The van der Waals surface area contributed by atoms with Gasteiger partial charge >= 0.3 is 5.97 Å². The Hall–Kier alpha value is -1.82. The molecule has 0 saturated carbocycles. The molecule has 0 saturated heterocycles. The molecule has 0 spiro atoms. The molecule has 0 bridgehead atoms. The van der Waals surface area contributed by atoms with Gasteiger partial charge in [0.2, 0.25) is 0 Å². The molecule has 2 aromatic rings. The zero-order valence-corrected chi connectivity index (χ0v) is 12.2. The predicted octanol–water partition coefficient (Wildman–Crippen LogP) is 3.47. The number of aromatic nitrogens is 2. The van der Waals surface area contributed by atoms with Gasteiger partial charge in [-0.25, -0.2) is 4.79 Å². The smallest absolute Gasteiger partial charge is 0.335 e. The Bertz CT molecular complexity index is 580. The van der Waals surface area contributed by atoms with Crippen molar-refractivity contribution in [2.24, 2.45) is 0 Å². The lowest BCUT2D eigenvalue weighted by Gasteiger charge is -2.04. The number of rotatable bonds is 6. The molecule has 1 heterocycles. The number of benzene rings is 1. The summed E-state index contributed by atoms with van der Waals surface area (Å²) in [6.45, 7) is 4.31. The van der Waals surface area contributed by atoms with E-state index in [9.17, 15) is 4.79 Å². The summed E-state index contributed by atoms with van der Waals surface area (Å²) < 4.78 is 5.20. The molecule has 5 nitrogen and oxygen atoms in total. The number of nitrogens with zero attached hydrogens (tertiary/aromatic N) is 2. The first kappa shape index (κ1) is 14.6. The summed E-state index contributed by atoms with van der Waals surface area (Å²) in [5.41, 5.74) is 0.961. The van der Waals surface area contributed by atoms with Gasteiger partial charge in [-0.1, -0.05) is 19.0 Å². The first-order valence-corrected chi connectivity index (χ1v) is 7.43. The molecule has 0 aliphatic heterocycles. The van der Waals surface area contributed by atoms with Crippen molar-refractivity contribution in [3.63, 3.8) is 0 Å². The van der Waals surface area contributed by atoms with Gasteiger partial charge in [0.05, 0.1) is 11.3 Å². The lowest BCUT2D eigenvalue weighted by molar-refractivity contribution is 0.0697. The van der Waals surface area contributed by atoms with Gasteiger partial charge in [-0.2, -0.15) is 16.7 Å². The van der Waals surface area contributed by atoms with E-state index in [2.05, 4.69) is 24.0 Å². The zero-order valence-electron chi connectivity index (χ0n) is 11.4. The van der Waals surface area contributed by atoms with Crippen molar-refractivity contribution in [2.75, 3.05) is 0 Å². The van der Waals surface area contributed by atoms with Gasteiger partial charge in [0, 0.05) is 10.8 Å². The van der Waals surface area contributed by atoms with Crippen LogP contribution in [0.4, 0.5) is 0 Å². The Morgan fingerprint density at radius 1 is 1.40 bits per heavy atom. The van der Waals surface area contributed by atoms with Crippen LogP contribution in [-0.4, -0.2) is 26.5 Å². The van der Waals surface area contributed by atoms with E-state index in [-0.39, 0.29) is 5.56 Å². The van der Waals surface area contributed by atoms with Crippen LogP contribution in [0.5, 0.6) is 0 Å². The lowest BCUT2D eigenvalue weighted by Crippen LogP contribution is -1.95. The van der Waals surface area contributed by atoms with Crippen LogP contribution >= 0.6 is 11.8 Å². The Morgan fingerprint density at radius 2 is 2.10 bits per heavy atom. The lowest BCUT2D eigenvalue weighted by atomic mass is 10.1. The Labute approximate surface area is 121 Å². The quantitative estimate of drug-likeness (QED) is 0.878. The molecule has 1 unspecified atom stereocenters. The largest absolute Gasteiger partial charge is 0.478 e. The van der Waals surface area contributed by atoms with E-state index in [0.29, 0.717) is 22.7 Å². The van der Waals surface area contributed by atoms with E-state index < -0.39 is 5.97 Å². The van der Waals surface area contributed by atoms with Crippen LogP contribution in [0, 0.1) is 0 Å².